The van der Waals surface area contributed by atoms with Gasteiger partial charge in [0.25, 0.3) is 0 Å². The van der Waals surface area contributed by atoms with Gasteiger partial charge in [-0.2, -0.15) is 0 Å². The van der Waals surface area contributed by atoms with E-state index in [-0.39, 0.29) is 0 Å². The maximum atomic E-state index is 5.74. The van der Waals surface area contributed by atoms with Gasteiger partial charge in [-0.3, -0.25) is 0 Å². The third kappa shape index (κ3) is 6.13. The van der Waals surface area contributed by atoms with Crippen molar-refractivity contribution in [2.75, 3.05) is 26.7 Å². The van der Waals surface area contributed by atoms with Gasteiger partial charge in [-0.1, -0.05) is 13.8 Å². The molecule has 0 saturated heterocycles. The first-order valence-electron chi connectivity index (χ1n) is 6.15. The molecule has 0 spiro atoms. The molecule has 0 heterocycles. The van der Waals surface area contributed by atoms with E-state index < -0.39 is 0 Å². The van der Waals surface area contributed by atoms with Gasteiger partial charge < -0.3 is 15.0 Å². The van der Waals surface area contributed by atoms with Crippen LogP contribution in [0.3, 0.4) is 0 Å². The lowest BCUT2D eigenvalue weighted by molar-refractivity contribution is 0.0504. The molecule has 1 fully saturated rings. The van der Waals surface area contributed by atoms with E-state index in [4.69, 9.17) is 4.74 Å². The molecule has 0 aromatic rings. The van der Waals surface area contributed by atoms with Gasteiger partial charge >= 0.3 is 0 Å². The highest BCUT2D eigenvalue weighted by Crippen LogP contribution is 2.24. The molecular weight excluding hydrogens is 188 g/mol. The summed E-state index contributed by atoms with van der Waals surface area (Å²) in [4.78, 5) is 2.41. The van der Waals surface area contributed by atoms with E-state index >= 15 is 0 Å². The number of hydrogen-bond donors (Lipinski definition) is 1. The number of nitrogens with one attached hydrogen (secondary N) is 1. The van der Waals surface area contributed by atoms with Crippen molar-refractivity contribution in [2.24, 2.45) is 0 Å². The van der Waals surface area contributed by atoms with Crippen LogP contribution in [0.15, 0.2) is 0 Å². The van der Waals surface area contributed by atoms with Crippen molar-refractivity contribution < 1.29 is 4.74 Å². The smallest absolute Gasteiger partial charge is 0.0672 e. The van der Waals surface area contributed by atoms with E-state index in [0.29, 0.717) is 12.1 Å². The minimum absolute atomic E-state index is 0.319. The molecule has 1 rings (SSSR count). The summed E-state index contributed by atoms with van der Waals surface area (Å²) in [6.45, 7) is 9.32. The monoisotopic (exact) mass is 214 g/mol. The van der Waals surface area contributed by atoms with Crippen LogP contribution in [0.2, 0.25) is 0 Å². The molecule has 0 bridgehead atoms. The minimum Gasteiger partial charge on any atom is -0.376 e. The third-order valence-electron chi connectivity index (χ3n) is 2.83. The quantitative estimate of drug-likeness (QED) is 0.662. The summed E-state index contributed by atoms with van der Waals surface area (Å²) in [5, 5.41) is 3.38. The van der Waals surface area contributed by atoms with Gasteiger partial charge in [0.05, 0.1) is 12.7 Å². The molecule has 0 aromatic carbocycles. The average molecular weight is 214 g/mol. The van der Waals surface area contributed by atoms with Crippen molar-refractivity contribution in [1.29, 1.82) is 0 Å². The summed E-state index contributed by atoms with van der Waals surface area (Å²) in [6, 6.07) is 1.39. The van der Waals surface area contributed by atoms with Gasteiger partial charge in [-0.25, -0.2) is 0 Å². The lowest BCUT2D eigenvalue weighted by Gasteiger charge is -2.19. The van der Waals surface area contributed by atoms with Crippen LogP contribution in [-0.4, -0.2) is 49.8 Å². The van der Waals surface area contributed by atoms with E-state index in [1.807, 2.05) is 0 Å². The van der Waals surface area contributed by atoms with Crippen molar-refractivity contribution in [3.8, 4) is 0 Å². The molecule has 0 aliphatic heterocycles. The average Bonchev–Trinajstić information content (AvgIpc) is 2.97. The fourth-order valence-electron chi connectivity index (χ4n) is 1.56. The Bertz CT molecular complexity index is 169. The van der Waals surface area contributed by atoms with Crippen LogP contribution in [0, 0.1) is 0 Å². The van der Waals surface area contributed by atoms with E-state index in [9.17, 15) is 0 Å². The fraction of sp³-hybridized carbons (Fsp3) is 1.00. The molecule has 1 N–H and O–H groups in total. The Kier molecular flexibility index (Phi) is 5.58. The number of rotatable bonds is 8. The summed E-state index contributed by atoms with van der Waals surface area (Å²) < 4.78 is 5.74. The molecule has 1 saturated carbocycles. The van der Waals surface area contributed by atoms with Crippen LogP contribution in [0.25, 0.3) is 0 Å². The van der Waals surface area contributed by atoms with Crippen LogP contribution < -0.4 is 5.32 Å². The number of hydrogen-bond acceptors (Lipinski definition) is 3. The summed E-state index contributed by atoms with van der Waals surface area (Å²) in [6.07, 6.45) is 3.07. The highest BCUT2D eigenvalue weighted by atomic mass is 16.5. The largest absolute Gasteiger partial charge is 0.376 e. The van der Waals surface area contributed by atoms with Crippen molar-refractivity contribution in [2.45, 2.75) is 51.8 Å². The molecule has 1 atom stereocenters. The van der Waals surface area contributed by atoms with Crippen LogP contribution in [-0.2, 0) is 4.74 Å². The normalized spacial score (nSPS) is 18.8. The second-order valence-corrected chi connectivity index (χ2v) is 4.96. The van der Waals surface area contributed by atoms with Crippen molar-refractivity contribution in [3.63, 3.8) is 0 Å². The van der Waals surface area contributed by atoms with Crippen LogP contribution in [0.1, 0.15) is 33.6 Å². The standard InChI is InChI=1S/C12H26N2O/c1-10(2)13-9-11(3)15-8-7-14(4)12-5-6-12/h10-13H,5-9H2,1-4H3. The van der Waals surface area contributed by atoms with E-state index in [2.05, 4.69) is 38.0 Å². The number of ether oxygens (including phenoxy) is 1. The maximum Gasteiger partial charge on any atom is 0.0672 e. The van der Waals surface area contributed by atoms with Crippen molar-refractivity contribution in [3.05, 3.63) is 0 Å². The zero-order valence-corrected chi connectivity index (χ0v) is 10.6. The first-order valence-corrected chi connectivity index (χ1v) is 6.15. The molecule has 3 heteroatoms. The Morgan fingerprint density at radius 3 is 2.53 bits per heavy atom. The molecule has 0 radical (unpaired) electrons. The highest BCUT2D eigenvalue weighted by Gasteiger charge is 2.25. The van der Waals surface area contributed by atoms with Gasteiger partial charge in [-0.15, -0.1) is 0 Å². The molecule has 0 amide bonds. The predicted molar refractivity (Wildman–Crippen MR) is 64.2 cm³/mol. The Balaban J connectivity index is 1.93. The molecule has 15 heavy (non-hydrogen) atoms. The van der Waals surface area contributed by atoms with Gasteiger partial charge in [-0.05, 0) is 26.8 Å². The van der Waals surface area contributed by atoms with Gasteiger partial charge in [0.1, 0.15) is 0 Å². The molecule has 1 aliphatic rings. The lowest BCUT2D eigenvalue weighted by atomic mass is 10.3. The molecule has 0 aromatic heterocycles. The third-order valence-corrected chi connectivity index (χ3v) is 2.83. The first kappa shape index (κ1) is 12.9. The first-order chi connectivity index (χ1) is 7.09. The summed E-state index contributed by atoms with van der Waals surface area (Å²) in [5.74, 6) is 0. The Morgan fingerprint density at radius 1 is 1.33 bits per heavy atom. The van der Waals surface area contributed by atoms with Crippen LogP contribution >= 0.6 is 0 Å². The molecule has 90 valence electrons. The molecular formula is C12H26N2O. The Hall–Kier alpha value is -0.120. The maximum absolute atomic E-state index is 5.74. The SMILES string of the molecule is CC(C)NCC(C)OCCN(C)C1CC1. The number of nitrogens with zero attached hydrogens (tertiary/aromatic N) is 1. The topological polar surface area (TPSA) is 24.5 Å². The lowest BCUT2D eigenvalue weighted by Crippen LogP contribution is -2.33. The summed E-state index contributed by atoms with van der Waals surface area (Å²) in [7, 11) is 2.19. The molecule has 1 unspecified atom stereocenters. The second-order valence-electron chi connectivity index (χ2n) is 4.96. The van der Waals surface area contributed by atoms with Crippen molar-refractivity contribution >= 4 is 0 Å². The van der Waals surface area contributed by atoms with Gasteiger partial charge in [0, 0.05) is 25.2 Å². The van der Waals surface area contributed by atoms with Crippen molar-refractivity contribution in [1.82, 2.24) is 10.2 Å². The summed E-state index contributed by atoms with van der Waals surface area (Å²) in [5.41, 5.74) is 0. The Labute approximate surface area is 94.2 Å². The summed E-state index contributed by atoms with van der Waals surface area (Å²) >= 11 is 0. The highest BCUT2D eigenvalue weighted by molar-refractivity contribution is 4.82. The van der Waals surface area contributed by atoms with E-state index in [1.165, 1.54) is 12.8 Å². The van der Waals surface area contributed by atoms with E-state index in [0.717, 1.165) is 25.7 Å². The predicted octanol–water partition coefficient (Wildman–Crippen LogP) is 1.48. The van der Waals surface area contributed by atoms with Gasteiger partial charge in [0.15, 0.2) is 0 Å². The zero-order valence-electron chi connectivity index (χ0n) is 10.6. The minimum atomic E-state index is 0.319. The van der Waals surface area contributed by atoms with Gasteiger partial charge in [0.2, 0.25) is 0 Å². The molecule has 1 aliphatic carbocycles. The Morgan fingerprint density at radius 2 is 2.00 bits per heavy atom. The fourth-order valence-corrected chi connectivity index (χ4v) is 1.56. The number of likely N-dealkylation sites (N-methyl/N-ethyl adjacent to an activating group) is 1. The van der Waals surface area contributed by atoms with E-state index in [1.54, 1.807) is 0 Å². The second kappa shape index (κ2) is 6.46. The molecule has 3 nitrogen and oxygen atoms in total. The van der Waals surface area contributed by atoms with Crippen LogP contribution in [0.4, 0.5) is 0 Å². The van der Waals surface area contributed by atoms with Crippen LogP contribution in [0.5, 0.6) is 0 Å². The zero-order chi connectivity index (χ0) is 11.3.